The highest BCUT2D eigenvalue weighted by molar-refractivity contribution is 5.84. The number of esters is 1. The molecule has 0 saturated heterocycles. The van der Waals surface area contributed by atoms with Crippen LogP contribution in [0.3, 0.4) is 0 Å². The largest absolute Gasteiger partial charge is 0.464 e. The number of cyclic esters (lactones) is 1. The number of rotatable bonds is 1. The van der Waals surface area contributed by atoms with E-state index in [1.165, 1.54) is 0 Å². The number of hydrogen-bond donors (Lipinski definition) is 1. The molecule has 1 aliphatic rings. The van der Waals surface area contributed by atoms with E-state index >= 15 is 0 Å². The Hall–Kier alpha value is -2.10. The van der Waals surface area contributed by atoms with Crippen LogP contribution in [0.5, 0.6) is 0 Å². The van der Waals surface area contributed by atoms with Crippen molar-refractivity contribution in [3.63, 3.8) is 0 Å². The molecule has 0 unspecified atom stereocenters. The molecular formula is C17H21NO3. The molecule has 2 rings (SSSR count). The molecule has 1 aliphatic heterocycles. The number of ether oxygens (including phenoxy) is 1. The first kappa shape index (κ1) is 15.3. The van der Waals surface area contributed by atoms with Gasteiger partial charge < -0.3 is 10.1 Å². The first-order valence-corrected chi connectivity index (χ1v) is 7.32. The Morgan fingerprint density at radius 2 is 1.90 bits per heavy atom. The smallest absolute Gasteiger partial charge is 0.308 e. The van der Waals surface area contributed by atoms with Crippen LogP contribution in [-0.4, -0.2) is 25.0 Å². The quantitative estimate of drug-likeness (QED) is 0.637. The maximum atomic E-state index is 12.3. The van der Waals surface area contributed by atoms with Gasteiger partial charge in [0.1, 0.15) is 6.61 Å². The van der Waals surface area contributed by atoms with Crippen LogP contribution in [0.2, 0.25) is 0 Å². The molecule has 0 radical (unpaired) electrons. The second kappa shape index (κ2) is 7.62. The van der Waals surface area contributed by atoms with Gasteiger partial charge in [0, 0.05) is 6.54 Å². The lowest BCUT2D eigenvalue weighted by molar-refractivity contribution is -0.149. The Labute approximate surface area is 125 Å². The van der Waals surface area contributed by atoms with E-state index in [1.807, 2.05) is 49.4 Å². The van der Waals surface area contributed by atoms with Gasteiger partial charge in [0.15, 0.2) is 0 Å². The highest BCUT2D eigenvalue weighted by Crippen LogP contribution is 2.18. The highest BCUT2D eigenvalue weighted by atomic mass is 16.5. The molecule has 0 aliphatic carbocycles. The van der Waals surface area contributed by atoms with Crippen LogP contribution in [0.15, 0.2) is 42.5 Å². The van der Waals surface area contributed by atoms with E-state index in [0.29, 0.717) is 13.0 Å². The molecule has 0 fully saturated rings. The molecule has 21 heavy (non-hydrogen) atoms. The Kier molecular flexibility index (Phi) is 5.55. The van der Waals surface area contributed by atoms with Crippen molar-refractivity contribution in [3.8, 4) is 0 Å². The molecule has 1 aromatic carbocycles. The van der Waals surface area contributed by atoms with E-state index in [0.717, 1.165) is 12.0 Å². The minimum atomic E-state index is -0.453. The summed E-state index contributed by atoms with van der Waals surface area (Å²) in [5.41, 5.74) is 0.864. The Balaban J connectivity index is 2.15. The van der Waals surface area contributed by atoms with Gasteiger partial charge in [-0.25, -0.2) is 0 Å². The molecule has 1 N–H and O–H groups in total. The number of benzene rings is 1. The summed E-state index contributed by atoms with van der Waals surface area (Å²) in [4.78, 5) is 24.2. The molecular weight excluding hydrogens is 266 g/mol. The zero-order valence-corrected chi connectivity index (χ0v) is 12.2. The summed E-state index contributed by atoms with van der Waals surface area (Å²) in [6.45, 7) is 2.53. The molecule has 0 bridgehead atoms. The first-order chi connectivity index (χ1) is 10.2. The Morgan fingerprint density at radius 3 is 2.67 bits per heavy atom. The van der Waals surface area contributed by atoms with Gasteiger partial charge in [-0.1, -0.05) is 49.4 Å². The van der Waals surface area contributed by atoms with E-state index in [2.05, 4.69) is 5.32 Å². The van der Waals surface area contributed by atoms with Crippen LogP contribution in [-0.2, 0) is 14.3 Å². The van der Waals surface area contributed by atoms with Crippen LogP contribution in [0.4, 0.5) is 0 Å². The van der Waals surface area contributed by atoms with Crippen molar-refractivity contribution >= 4 is 11.9 Å². The van der Waals surface area contributed by atoms with Crippen molar-refractivity contribution < 1.29 is 14.3 Å². The van der Waals surface area contributed by atoms with Crippen molar-refractivity contribution in [1.82, 2.24) is 5.32 Å². The lowest BCUT2D eigenvalue weighted by Gasteiger charge is -2.19. The van der Waals surface area contributed by atoms with E-state index in [-0.39, 0.29) is 24.4 Å². The first-order valence-electron chi connectivity index (χ1n) is 7.32. The van der Waals surface area contributed by atoms with Gasteiger partial charge in [-0.3, -0.25) is 9.59 Å². The predicted octanol–water partition coefficient (Wildman–Crippen LogP) is 2.42. The van der Waals surface area contributed by atoms with Gasteiger partial charge in [0.2, 0.25) is 5.91 Å². The summed E-state index contributed by atoms with van der Waals surface area (Å²) in [7, 11) is 0. The third-order valence-electron chi connectivity index (χ3n) is 3.58. The van der Waals surface area contributed by atoms with Gasteiger partial charge >= 0.3 is 5.97 Å². The number of amides is 1. The van der Waals surface area contributed by atoms with Gasteiger partial charge in [-0.05, 0) is 18.4 Å². The van der Waals surface area contributed by atoms with Crippen molar-refractivity contribution in [2.24, 2.45) is 5.92 Å². The second-order valence-electron chi connectivity index (χ2n) is 5.28. The maximum Gasteiger partial charge on any atom is 0.308 e. The molecule has 1 amide bonds. The van der Waals surface area contributed by atoms with E-state index in [9.17, 15) is 9.59 Å². The van der Waals surface area contributed by atoms with Gasteiger partial charge in [0.05, 0.1) is 11.8 Å². The summed E-state index contributed by atoms with van der Waals surface area (Å²) in [6.07, 6.45) is 5.40. The zero-order chi connectivity index (χ0) is 15.1. The Morgan fingerprint density at radius 1 is 1.14 bits per heavy atom. The number of hydrogen-bond acceptors (Lipinski definition) is 3. The lowest BCUT2D eigenvalue weighted by atomic mass is 9.98. The third kappa shape index (κ3) is 4.45. The van der Waals surface area contributed by atoms with E-state index < -0.39 is 5.92 Å². The van der Waals surface area contributed by atoms with Crippen LogP contribution in [0, 0.1) is 5.92 Å². The summed E-state index contributed by atoms with van der Waals surface area (Å²) in [5.74, 6) is -0.990. The van der Waals surface area contributed by atoms with Crippen molar-refractivity contribution in [1.29, 1.82) is 0 Å². The van der Waals surface area contributed by atoms with Crippen LogP contribution >= 0.6 is 0 Å². The normalized spacial score (nSPS) is 26.0. The fourth-order valence-corrected chi connectivity index (χ4v) is 2.23. The van der Waals surface area contributed by atoms with E-state index in [1.54, 1.807) is 0 Å². The van der Waals surface area contributed by atoms with Crippen LogP contribution in [0.1, 0.15) is 31.2 Å². The van der Waals surface area contributed by atoms with Crippen LogP contribution < -0.4 is 5.32 Å². The Bertz CT molecular complexity index is 510. The molecule has 2 atom stereocenters. The third-order valence-corrected chi connectivity index (χ3v) is 3.58. The molecule has 4 nitrogen and oxygen atoms in total. The van der Waals surface area contributed by atoms with E-state index in [4.69, 9.17) is 4.74 Å². The fraction of sp³-hybridized carbons (Fsp3) is 0.412. The van der Waals surface area contributed by atoms with Crippen molar-refractivity contribution in [2.75, 3.05) is 13.2 Å². The number of carbonyl (C=O) groups excluding carboxylic acids is 2. The molecule has 4 heteroatoms. The standard InChI is InChI=1S/C17H21NO3/c1-13-8-4-3-7-11-18-16(19)15(12-21-17(13)20)14-9-5-2-6-10-14/h2-6,9-10,13,15H,7-8,11-12H2,1H3,(H,18,19)/b4-3-/t13-,15+/m1/s1. The molecule has 1 aromatic rings. The minimum Gasteiger partial charge on any atom is -0.464 e. The highest BCUT2D eigenvalue weighted by Gasteiger charge is 2.23. The lowest BCUT2D eigenvalue weighted by Crippen LogP contribution is -2.33. The van der Waals surface area contributed by atoms with Gasteiger partial charge in [0.25, 0.3) is 0 Å². The molecule has 0 saturated carbocycles. The fourth-order valence-electron chi connectivity index (χ4n) is 2.23. The van der Waals surface area contributed by atoms with Gasteiger partial charge in [-0.15, -0.1) is 0 Å². The predicted molar refractivity (Wildman–Crippen MR) is 80.7 cm³/mol. The van der Waals surface area contributed by atoms with Gasteiger partial charge in [-0.2, -0.15) is 0 Å². The monoisotopic (exact) mass is 287 g/mol. The molecule has 0 aromatic heterocycles. The van der Waals surface area contributed by atoms with Crippen molar-refractivity contribution in [3.05, 3.63) is 48.0 Å². The van der Waals surface area contributed by atoms with Crippen LogP contribution in [0.25, 0.3) is 0 Å². The average molecular weight is 287 g/mol. The summed E-state index contributed by atoms with van der Waals surface area (Å²) >= 11 is 0. The number of nitrogens with one attached hydrogen (secondary N) is 1. The summed E-state index contributed by atoms with van der Waals surface area (Å²) in [6, 6.07) is 9.42. The zero-order valence-electron chi connectivity index (χ0n) is 12.2. The maximum absolute atomic E-state index is 12.3. The number of allylic oxidation sites excluding steroid dienone is 1. The average Bonchev–Trinajstić information content (AvgIpc) is 2.50. The molecule has 0 spiro atoms. The molecule has 112 valence electrons. The SMILES string of the molecule is C[C@@H]1C/C=C\CCNC(=O)[C@H](c2ccccc2)COC1=O. The molecule has 1 heterocycles. The minimum absolute atomic E-state index is 0.0860. The topological polar surface area (TPSA) is 55.4 Å². The van der Waals surface area contributed by atoms with Crippen molar-refractivity contribution in [2.45, 2.75) is 25.7 Å². The second-order valence-corrected chi connectivity index (χ2v) is 5.28. The summed E-state index contributed by atoms with van der Waals surface area (Å²) in [5, 5.41) is 2.89. The summed E-state index contributed by atoms with van der Waals surface area (Å²) < 4.78 is 5.33. The number of carbonyl (C=O) groups is 2.